The Kier molecular flexibility index (Phi) is 5.36. The third-order valence-electron chi connectivity index (χ3n) is 4.69. The van der Waals surface area contributed by atoms with Gasteiger partial charge >= 0.3 is 0 Å². The Labute approximate surface area is 150 Å². The lowest BCUT2D eigenvalue weighted by Gasteiger charge is -2.19. The second-order valence-electron chi connectivity index (χ2n) is 6.40. The van der Waals surface area contributed by atoms with Gasteiger partial charge in [0.25, 0.3) is 5.69 Å². The number of anilines is 1. The summed E-state index contributed by atoms with van der Waals surface area (Å²) in [5.41, 5.74) is 0.306. The second-order valence-corrected chi connectivity index (χ2v) is 6.40. The number of nitro groups is 1. The summed E-state index contributed by atoms with van der Waals surface area (Å²) < 4.78 is 10.7. The molecule has 3 rings (SSSR count). The average molecular weight is 363 g/mol. The predicted octanol–water partition coefficient (Wildman–Crippen LogP) is 1.25. The van der Waals surface area contributed by atoms with Gasteiger partial charge < -0.3 is 19.7 Å². The van der Waals surface area contributed by atoms with Crippen molar-refractivity contribution in [1.29, 1.82) is 0 Å². The monoisotopic (exact) mass is 363 g/mol. The van der Waals surface area contributed by atoms with Crippen LogP contribution in [0.2, 0.25) is 0 Å². The van der Waals surface area contributed by atoms with Gasteiger partial charge in [-0.3, -0.25) is 19.7 Å². The van der Waals surface area contributed by atoms with Crippen molar-refractivity contribution >= 4 is 23.2 Å². The number of hydrogen-bond acceptors (Lipinski definition) is 6. The van der Waals surface area contributed by atoms with Crippen molar-refractivity contribution in [2.45, 2.75) is 25.4 Å². The van der Waals surface area contributed by atoms with Gasteiger partial charge in [-0.1, -0.05) is 0 Å². The van der Waals surface area contributed by atoms with E-state index < -0.39 is 10.8 Å². The third-order valence-corrected chi connectivity index (χ3v) is 4.69. The molecule has 9 heteroatoms. The molecule has 1 aromatic carbocycles. The molecule has 1 N–H and O–H groups in total. The van der Waals surface area contributed by atoms with Gasteiger partial charge in [0, 0.05) is 32.2 Å². The van der Waals surface area contributed by atoms with Gasteiger partial charge in [-0.15, -0.1) is 0 Å². The van der Waals surface area contributed by atoms with E-state index in [0.29, 0.717) is 12.2 Å². The van der Waals surface area contributed by atoms with E-state index >= 15 is 0 Å². The lowest BCUT2D eigenvalue weighted by molar-refractivity contribution is -0.384. The van der Waals surface area contributed by atoms with Crippen LogP contribution in [0.25, 0.3) is 0 Å². The fourth-order valence-corrected chi connectivity index (χ4v) is 3.28. The molecule has 0 aromatic heterocycles. The molecular weight excluding hydrogens is 342 g/mol. The summed E-state index contributed by atoms with van der Waals surface area (Å²) >= 11 is 0. The van der Waals surface area contributed by atoms with Crippen molar-refractivity contribution in [3.05, 3.63) is 28.3 Å². The Hall–Kier alpha value is -2.68. The zero-order chi connectivity index (χ0) is 18.7. The SMILES string of the molecule is COc1cc([N+](=O)[O-])ccc1N1C[C@@H](C(=O)NC[C@H]2CCCO2)CC1=O. The molecule has 2 fully saturated rings. The van der Waals surface area contributed by atoms with E-state index in [2.05, 4.69) is 5.32 Å². The van der Waals surface area contributed by atoms with Gasteiger partial charge in [0.05, 0.1) is 35.8 Å². The zero-order valence-electron chi connectivity index (χ0n) is 14.5. The summed E-state index contributed by atoms with van der Waals surface area (Å²) in [5, 5.41) is 13.7. The maximum atomic E-state index is 12.4. The molecular formula is C17H21N3O6. The van der Waals surface area contributed by atoms with Gasteiger partial charge in [0.15, 0.2) is 0 Å². The number of benzene rings is 1. The van der Waals surface area contributed by atoms with Crippen molar-refractivity contribution in [1.82, 2.24) is 5.32 Å². The molecule has 2 atom stereocenters. The van der Waals surface area contributed by atoms with Crippen molar-refractivity contribution in [3.63, 3.8) is 0 Å². The molecule has 0 radical (unpaired) electrons. The molecule has 2 heterocycles. The summed E-state index contributed by atoms with van der Waals surface area (Å²) in [6.45, 7) is 1.38. The number of nitrogens with zero attached hydrogens (tertiary/aromatic N) is 2. The van der Waals surface area contributed by atoms with Crippen LogP contribution in [-0.4, -0.2) is 49.6 Å². The molecule has 1 aromatic rings. The Morgan fingerprint density at radius 3 is 2.96 bits per heavy atom. The summed E-state index contributed by atoms with van der Waals surface area (Å²) in [4.78, 5) is 36.5. The van der Waals surface area contributed by atoms with Crippen LogP contribution in [0, 0.1) is 16.0 Å². The minimum Gasteiger partial charge on any atom is -0.494 e. The highest BCUT2D eigenvalue weighted by Crippen LogP contribution is 2.35. The van der Waals surface area contributed by atoms with E-state index in [1.54, 1.807) is 0 Å². The van der Waals surface area contributed by atoms with Crippen LogP contribution in [0.5, 0.6) is 5.75 Å². The maximum Gasteiger partial charge on any atom is 0.273 e. The molecule has 0 spiro atoms. The van der Waals surface area contributed by atoms with E-state index in [1.807, 2.05) is 0 Å². The van der Waals surface area contributed by atoms with Crippen LogP contribution in [0.15, 0.2) is 18.2 Å². The number of methoxy groups -OCH3 is 1. The number of hydrogen-bond donors (Lipinski definition) is 1. The highest BCUT2D eigenvalue weighted by atomic mass is 16.6. The first-order chi connectivity index (χ1) is 12.5. The van der Waals surface area contributed by atoms with Crippen molar-refractivity contribution < 1.29 is 24.0 Å². The van der Waals surface area contributed by atoms with Crippen LogP contribution >= 0.6 is 0 Å². The van der Waals surface area contributed by atoms with Crippen molar-refractivity contribution in [2.75, 3.05) is 31.7 Å². The number of carbonyl (C=O) groups excluding carboxylic acids is 2. The first kappa shape index (κ1) is 18.1. The van der Waals surface area contributed by atoms with Gasteiger partial charge in [0.1, 0.15) is 5.75 Å². The lowest BCUT2D eigenvalue weighted by Crippen LogP contribution is -2.37. The fraction of sp³-hybridized carbons (Fsp3) is 0.529. The quantitative estimate of drug-likeness (QED) is 0.601. The number of nitrogens with one attached hydrogen (secondary N) is 1. The molecule has 140 valence electrons. The highest BCUT2D eigenvalue weighted by Gasteiger charge is 2.36. The predicted molar refractivity (Wildman–Crippen MR) is 92.1 cm³/mol. The standard InChI is InChI=1S/C17H21N3O6/c1-25-15-8-12(20(23)24)4-5-14(15)19-10-11(7-16(19)21)17(22)18-9-13-3-2-6-26-13/h4-5,8,11,13H,2-3,6-7,9-10H2,1H3,(H,18,22)/t11-,13+/m0/s1. The number of non-ortho nitro benzene ring substituents is 1. The van der Waals surface area contributed by atoms with E-state index in [9.17, 15) is 19.7 Å². The van der Waals surface area contributed by atoms with Crippen LogP contribution < -0.4 is 15.0 Å². The second kappa shape index (κ2) is 7.69. The van der Waals surface area contributed by atoms with E-state index in [-0.39, 0.29) is 42.3 Å². The largest absolute Gasteiger partial charge is 0.494 e. The molecule has 2 aliphatic rings. The first-order valence-corrected chi connectivity index (χ1v) is 8.51. The first-order valence-electron chi connectivity index (χ1n) is 8.51. The highest BCUT2D eigenvalue weighted by molar-refractivity contribution is 6.01. The lowest BCUT2D eigenvalue weighted by atomic mass is 10.1. The maximum absolute atomic E-state index is 12.4. The molecule has 9 nitrogen and oxygen atoms in total. The Balaban J connectivity index is 1.67. The minimum absolute atomic E-state index is 0.0434. The number of nitro benzene ring substituents is 1. The van der Waals surface area contributed by atoms with Crippen LogP contribution in [0.4, 0.5) is 11.4 Å². The average Bonchev–Trinajstić information content (AvgIpc) is 3.28. The van der Waals surface area contributed by atoms with Crippen LogP contribution in [0.3, 0.4) is 0 Å². The summed E-state index contributed by atoms with van der Waals surface area (Å²) in [7, 11) is 1.38. The summed E-state index contributed by atoms with van der Waals surface area (Å²) in [5.74, 6) is -0.636. The molecule has 2 aliphatic heterocycles. The molecule has 0 bridgehead atoms. The van der Waals surface area contributed by atoms with Crippen molar-refractivity contribution in [2.24, 2.45) is 5.92 Å². The zero-order valence-corrected chi connectivity index (χ0v) is 14.5. The van der Waals surface area contributed by atoms with Gasteiger partial charge in [0.2, 0.25) is 11.8 Å². The molecule has 2 amide bonds. The van der Waals surface area contributed by atoms with Gasteiger partial charge in [-0.25, -0.2) is 0 Å². The minimum atomic E-state index is -0.528. The van der Waals surface area contributed by atoms with Gasteiger partial charge in [-0.2, -0.15) is 0 Å². The number of ether oxygens (including phenoxy) is 2. The normalized spacial score (nSPS) is 22.5. The molecule has 0 aliphatic carbocycles. The number of rotatable bonds is 6. The summed E-state index contributed by atoms with van der Waals surface area (Å²) in [6.07, 6.45) is 2.06. The third kappa shape index (κ3) is 3.77. The van der Waals surface area contributed by atoms with Gasteiger partial charge in [-0.05, 0) is 18.9 Å². The Morgan fingerprint density at radius 2 is 2.31 bits per heavy atom. The smallest absolute Gasteiger partial charge is 0.273 e. The topological polar surface area (TPSA) is 111 Å². The molecule has 2 saturated heterocycles. The molecule has 26 heavy (non-hydrogen) atoms. The summed E-state index contributed by atoms with van der Waals surface area (Å²) in [6, 6.07) is 4.06. The molecule has 0 unspecified atom stereocenters. The number of carbonyl (C=O) groups is 2. The Morgan fingerprint density at radius 1 is 1.50 bits per heavy atom. The van der Waals surface area contributed by atoms with E-state index in [4.69, 9.17) is 9.47 Å². The van der Waals surface area contributed by atoms with Crippen LogP contribution in [-0.2, 0) is 14.3 Å². The van der Waals surface area contributed by atoms with E-state index in [1.165, 1.54) is 30.2 Å². The fourth-order valence-electron chi connectivity index (χ4n) is 3.28. The van der Waals surface area contributed by atoms with Crippen molar-refractivity contribution in [3.8, 4) is 5.75 Å². The number of amides is 2. The van der Waals surface area contributed by atoms with Crippen LogP contribution in [0.1, 0.15) is 19.3 Å². The Bertz CT molecular complexity index is 716. The molecule has 0 saturated carbocycles. The van der Waals surface area contributed by atoms with E-state index in [0.717, 1.165) is 19.4 Å².